The van der Waals surface area contributed by atoms with E-state index < -0.39 is 0 Å². The van der Waals surface area contributed by atoms with Crippen molar-refractivity contribution in [3.63, 3.8) is 0 Å². The molecule has 0 aliphatic rings. The van der Waals surface area contributed by atoms with Crippen molar-refractivity contribution in [3.05, 3.63) is 145 Å². The molecule has 2 aromatic heterocycles. The summed E-state index contributed by atoms with van der Waals surface area (Å²) in [5, 5.41) is 11.2. The number of fused-ring (bicyclic) bond motifs is 1. The van der Waals surface area contributed by atoms with Crippen LogP contribution in [-0.2, 0) is 26.5 Å². The Morgan fingerprint density at radius 3 is 2.13 bits per heavy atom. The SMILES string of the molecule is CC(C)(C)c1ccnc(-c2[c-]c(-c3cccc4c3nc(-c3cc(-c5ccccc5)ccc3O)n4-c3ccccc3)ccc2)c1.[Pt]. The standard InChI is InChI=1S/C40H32N3O.Pt/c1-40(2,3)31-22-23-41-35(26-31)30-15-10-14-29(24-30)33-18-11-19-36-38(33)42-39(43(36)32-16-8-5-9-17-32)34-25-28(20-21-37(34)44)27-12-6-4-7-13-27;/h4-23,25-26,44H,1-3H3;/q-1;. The summed E-state index contributed by atoms with van der Waals surface area (Å²) in [6.45, 7) is 6.63. The van der Waals surface area contributed by atoms with Gasteiger partial charge in [0, 0.05) is 38.6 Å². The Kier molecular flexibility index (Phi) is 8.27. The maximum absolute atomic E-state index is 11.2. The molecule has 5 aromatic carbocycles. The Balaban J connectivity index is 0.00000357. The van der Waals surface area contributed by atoms with Crippen LogP contribution in [0, 0.1) is 6.07 Å². The van der Waals surface area contributed by atoms with Crippen LogP contribution in [0.5, 0.6) is 5.75 Å². The van der Waals surface area contributed by atoms with Crippen LogP contribution in [0.2, 0.25) is 0 Å². The number of benzene rings is 5. The molecule has 0 radical (unpaired) electrons. The Labute approximate surface area is 278 Å². The molecule has 5 heteroatoms. The minimum atomic E-state index is 0. The zero-order valence-corrected chi connectivity index (χ0v) is 27.6. The molecule has 0 fully saturated rings. The van der Waals surface area contributed by atoms with Crippen LogP contribution in [-0.4, -0.2) is 19.6 Å². The van der Waals surface area contributed by atoms with E-state index in [1.165, 1.54) is 5.56 Å². The van der Waals surface area contributed by atoms with Crippen molar-refractivity contribution in [2.75, 3.05) is 0 Å². The molecule has 0 aliphatic heterocycles. The first-order chi connectivity index (χ1) is 21.4. The third-order valence-corrected chi connectivity index (χ3v) is 8.03. The second-order valence-electron chi connectivity index (χ2n) is 12.0. The summed E-state index contributed by atoms with van der Waals surface area (Å²) in [7, 11) is 0. The third-order valence-electron chi connectivity index (χ3n) is 8.03. The minimum absolute atomic E-state index is 0. The molecule has 0 atom stereocenters. The number of phenolic OH excluding ortho intramolecular Hbond substituents is 1. The van der Waals surface area contributed by atoms with E-state index >= 15 is 0 Å². The van der Waals surface area contributed by atoms with Crippen molar-refractivity contribution < 1.29 is 26.2 Å². The second kappa shape index (κ2) is 12.3. The summed E-state index contributed by atoms with van der Waals surface area (Å²) in [6.07, 6.45) is 1.88. The normalized spacial score (nSPS) is 11.4. The zero-order chi connectivity index (χ0) is 30.3. The van der Waals surface area contributed by atoms with Crippen molar-refractivity contribution in [3.8, 4) is 56.3 Å². The van der Waals surface area contributed by atoms with E-state index in [4.69, 9.17) is 4.98 Å². The van der Waals surface area contributed by atoms with E-state index in [1.54, 1.807) is 6.07 Å². The number of hydrogen-bond donors (Lipinski definition) is 1. The van der Waals surface area contributed by atoms with Crippen LogP contribution in [0.1, 0.15) is 26.3 Å². The number of phenols is 1. The van der Waals surface area contributed by atoms with E-state index in [2.05, 4.69) is 109 Å². The van der Waals surface area contributed by atoms with Crippen molar-refractivity contribution in [1.82, 2.24) is 14.5 Å². The van der Waals surface area contributed by atoms with Crippen LogP contribution < -0.4 is 0 Å². The Hall–Kier alpha value is -4.79. The molecule has 1 N–H and O–H groups in total. The van der Waals surface area contributed by atoms with E-state index in [-0.39, 0.29) is 32.2 Å². The summed E-state index contributed by atoms with van der Waals surface area (Å²) < 4.78 is 2.13. The fourth-order valence-electron chi connectivity index (χ4n) is 5.68. The van der Waals surface area contributed by atoms with Crippen molar-refractivity contribution >= 4 is 11.0 Å². The molecule has 224 valence electrons. The molecule has 45 heavy (non-hydrogen) atoms. The molecule has 0 aliphatic carbocycles. The van der Waals surface area contributed by atoms with Gasteiger partial charge in [0.15, 0.2) is 0 Å². The van der Waals surface area contributed by atoms with Gasteiger partial charge in [-0.05, 0) is 58.5 Å². The van der Waals surface area contributed by atoms with E-state index in [9.17, 15) is 5.11 Å². The predicted molar refractivity (Wildman–Crippen MR) is 180 cm³/mol. The van der Waals surface area contributed by atoms with Gasteiger partial charge in [0.1, 0.15) is 11.6 Å². The smallest absolute Gasteiger partial charge is 0.148 e. The number of rotatable bonds is 5. The van der Waals surface area contributed by atoms with E-state index in [1.807, 2.05) is 54.7 Å². The third kappa shape index (κ3) is 5.86. The fraction of sp³-hybridized carbons (Fsp3) is 0.100. The summed E-state index contributed by atoms with van der Waals surface area (Å²) in [6, 6.07) is 46.4. The fourth-order valence-corrected chi connectivity index (χ4v) is 5.68. The number of nitrogens with zero attached hydrogens (tertiary/aromatic N) is 3. The molecular weight excluding hydrogens is 734 g/mol. The number of pyridine rings is 1. The molecule has 2 heterocycles. The Morgan fingerprint density at radius 2 is 1.38 bits per heavy atom. The maximum atomic E-state index is 11.2. The molecule has 4 nitrogen and oxygen atoms in total. The predicted octanol–water partition coefficient (Wildman–Crippen LogP) is 9.89. The minimum Gasteiger partial charge on any atom is -0.507 e. The average Bonchev–Trinajstić information content (AvgIpc) is 3.45. The van der Waals surface area contributed by atoms with Crippen molar-refractivity contribution in [1.29, 1.82) is 0 Å². The second-order valence-corrected chi connectivity index (χ2v) is 12.0. The zero-order valence-electron chi connectivity index (χ0n) is 25.3. The molecule has 0 amide bonds. The van der Waals surface area contributed by atoms with Gasteiger partial charge in [-0.2, -0.15) is 0 Å². The molecule has 7 rings (SSSR count). The molecule has 0 saturated heterocycles. The molecular formula is C40H32N3OPt-. The number of hydrogen-bond acceptors (Lipinski definition) is 3. The largest absolute Gasteiger partial charge is 0.507 e. The van der Waals surface area contributed by atoms with Gasteiger partial charge in [0.2, 0.25) is 0 Å². The van der Waals surface area contributed by atoms with Gasteiger partial charge in [0.05, 0.1) is 16.6 Å². The van der Waals surface area contributed by atoms with Gasteiger partial charge < -0.3 is 5.11 Å². The van der Waals surface area contributed by atoms with Gasteiger partial charge in [-0.15, -0.1) is 29.8 Å². The molecule has 7 aromatic rings. The first kappa shape index (κ1) is 30.2. The van der Waals surface area contributed by atoms with Gasteiger partial charge in [-0.1, -0.05) is 105 Å². The number of imidazole rings is 1. The van der Waals surface area contributed by atoms with Crippen LogP contribution in [0.25, 0.3) is 61.6 Å². The average molecular weight is 766 g/mol. The van der Waals surface area contributed by atoms with E-state index in [0.717, 1.165) is 50.2 Å². The Morgan fingerprint density at radius 1 is 0.667 bits per heavy atom. The quantitative estimate of drug-likeness (QED) is 0.178. The summed E-state index contributed by atoms with van der Waals surface area (Å²) in [5.74, 6) is 0.849. The van der Waals surface area contributed by atoms with Crippen molar-refractivity contribution in [2.45, 2.75) is 26.2 Å². The van der Waals surface area contributed by atoms with E-state index in [0.29, 0.717) is 11.4 Å². The van der Waals surface area contributed by atoms with Crippen LogP contribution >= 0.6 is 0 Å². The van der Waals surface area contributed by atoms with Gasteiger partial charge in [-0.3, -0.25) is 9.55 Å². The number of para-hydroxylation sites is 2. The first-order valence-electron chi connectivity index (χ1n) is 14.8. The van der Waals surface area contributed by atoms with Crippen molar-refractivity contribution in [2.24, 2.45) is 0 Å². The molecule has 0 bridgehead atoms. The topological polar surface area (TPSA) is 50.9 Å². The van der Waals surface area contributed by atoms with Gasteiger partial charge in [0.25, 0.3) is 0 Å². The summed E-state index contributed by atoms with van der Waals surface area (Å²) in [5.41, 5.74) is 10.5. The number of aromatic hydroxyl groups is 1. The maximum Gasteiger partial charge on any atom is 0.148 e. The monoisotopic (exact) mass is 765 g/mol. The summed E-state index contributed by atoms with van der Waals surface area (Å²) in [4.78, 5) is 9.93. The van der Waals surface area contributed by atoms with Gasteiger partial charge >= 0.3 is 0 Å². The molecule has 0 unspecified atom stereocenters. The summed E-state index contributed by atoms with van der Waals surface area (Å²) >= 11 is 0. The van der Waals surface area contributed by atoms with Gasteiger partial charge in [-0.25, -0.2) is 4.98 Å². The van der Waals surface area contributed by atoms with Crippen LogP contribution in [0.3, 0.4) is 0 Å². The number of aromatic nitrogens is 3. The molecule has 0 saturated carbocycles. The Bertz CT molecular complexity index is 2110. The van der Waals surface area contributed by atoms with Crippen LogP contribution in [0.4, 0.5) is 0 Å². The molecule has 0 spiro atoms. The first-order valence-corrected chi connectivity index (χ1v) is 14.8. The van der Waals surface area contributed by atoms with Crippen LogP contribution in [0.15, 0.2) is 134 Å².